The first-order valence-electron chi connectivity index (χ1n) is 26.8. The Balaban J connectivity index is 5.21. The quantitative estimate of drug-likeness (QED) is 0.0237. The van der Waals surface area contributed by atoms with Gasteiger partial charge in [-0.25, -0.2) is 9.59 Å². The van der Waals surface area contributed by atoms with E-state index in [0.29, 0.717) is 25.8 Å². The van der Waals surface area contributed by atoms with Crippen molar-refractivity contribution >= 4 is 23.9 Å². The molecule has 0 fully saturated rings. The predicted octanol–water partition coefficient (Wildman–Crippen LogP) is 14.6. The molecule has 65 heavy (non-hydrogen) atoms. The van der Waals surface area contributed by atoms with Crippen LogP contribution in [0, 0.1) is 0 Å². The van der Waals surface area contributed by atoms with Gasteiger partial charge in [0.05, 0.1) is 12.5 Å². The van der Waals surface area contributed by atoms with Gasteiger partial charge in [-0.1, -0.05) is 147 Å². The molecule has 4 N–H and O–H groups in total. The Morgan fingerprint density at radius 2 is 0.892 bits per heavy atom. The third kappa shape index (κ3) is 43.4. The largest absolute Gasteiger partial charge is 0.461 e. The monoisotopic (exact) mass is 918 g/mol. The van der Waals surface area contributed by atoms with Gasteiger partial charge >= 0.3 is 18.0 Å². The second-order valence-electron chi connectivity index (χ2n) is 20.5. The number of alkyl carbamates (subject to hydrolysis) is 1. The highest BCUT2D eigenvalue weighted by atomic mass is 16.6. The SMILES string of the molecule is CCCCCCCC/C=C\CCCCCCCCC(CCCCCCC/C=C\CCCCCCCC)OC(=O)C(CC(=O)OC(C)(C)C)NC(=O)C(N)CCCCNC(=O)OC(C)(C)C. The van der Waals surface area contributed by atoms with Crippen LogP contribution in [0.15, 0.2) is 24.3 Å². The standard InChI is InChI=1S/C55H103N3O7/c1-9-11-13-15-17-19-21-23-25-27-29-31-33-35-37-39-43-47(42-38-36-34-32-30-28-26-24-22-20-18-16-14-12-10-2)63-52(61)49(46-50(59)64-54(3,4)5)58-51(60)48(56)44-40-41-45-57-53(62)65-55(6,7)8/h23-26,47-49H,9-22,27-46,56H2,1-8H3,(H,57,62)(H,58,60)/b25-23-,26-24-. The number of amides is 2. The average Bonchev–Trinajstić information content (AvgIpc) is 3.22. The van der Waals surface area contributed by atoms with E-state index < -0.39 is 47.2 Å². The van der Waals surface area contributed by atoms with E-state index in [-0.39, 0.29) is 12.5 Å². The number of esters is 2. The summed E-state index contributed by atoms with van der Waals surface area (Å²) in [6.07, 6.45) is 44.4. The summed E-state index contributed by atoms with van der Waals surface area (Å²) in [5.74, 6) is -1.75. The van der Waals surface area contributed by atoms with Crippen LogP contribution in [0.4, 0.5) is 4.79 Å². The molecule has 3 unspecified atom stereocenters. The van der Waals surface area contributed by atoms with Crippen molar-refractivity contribution in [1.29, 1.82) is 0 Å². The molecule has 10 heteroatoms. The molecular weight excluding hydrogens is 815 g/mol. The average molecular weight is 918 g/mol. The Morgan fingerprint density at radius 3 is 1.31 bits per heavy atom. The molecule has 0 aliphatic rings. The van der Waals surface area contributed by atoms with Gasteiger partial charge < -0.3 is 30.6 Å². The van der Waals surface area contributed by atoms with Crippen molar-refractivity contribution < 1.29 is 33.4 Å². The number of allylic oxidation sites excluding steroid dienone is 4. The Hall–Kier alpha value is -2.88. The van der Waals surface area contributed by atoms with Crippen LogP contribution in [0.3, 0.4) is 0 Å². The lowest BCUT2D eigenvalue weighted by Crippen LogP contribution is -2.50. The van der Waals surface area contributed by atoms with Gasteiger partial charge in [-0.2, -0.15) is 0 Å². The second-order valence-corrected chi connectivity index (χ2v) is 20.5. The summed E-state index contributed by atoms with van der Waals surface area (Å²) < 4.78 is 17.0. The molecule has 2 amide bonds. The van der Waals surface area contributed by atoms with Crippen LogP contribution in [0.5, 0.6) is 0 Å². The molecule has 380 valence electrons. The second kappa shape index (κ2) is 41.3. The minimum Gasteiger partial charge on any atom is -0.461 e. The molecule has 0 aromatic carbocycles. The minimum atomic E-state index is -1.21. The first kappa shape index (κ1) is 62.1. The number of ether oxygens (including phenoxy) is 3. The molecule has 0 heterocycles. The first-order valence-corrected chi connectivity index (χ1v) is 26.8. The highest BCUT2D eigenvalue weighted by Crippen LogP contribution is 2.20. The zero-order chi connectivity index (χ0) is 48.4. The van der Waals surface area contributed by atoms with Crippen molar-refractivity contribution in [1.82, 2.24) is 10.6 Å². The van der Waals surface area contributed by atoms with Gasteiger partial charge in [-0.3, -0.25) is 9.59 Å². The van der Waals surface area contributed by atoms with Crippen molar-refractivity contribution in [3.63, 3.8) is 0 Å². The highest BCUT2D eigenvalue weighted by molar-refractivity contribution is 5.90. The molecule has 0 saturated heterocycles. The maximum atomic E-state index is 13.9. The Bertz CT molecular complexity index is 1240. The smallest absolute Gasteiger partial charge is 0.407 e. The van der Waals surface area contributed by atoms with Crippen LogP contribution < -0.4 is 16.4 Å². The molecule has 0 aromatic rings. The van der Waals surface area contributed by atoms with Gasteiger partial charge in [0.25, 0.3) is 0 Å². The summed E-state index contributed by atoms with van der Waals surface area (Å²) in [6.45, 7) is 15.6. The van der Waals surface area contributed by atoms with Gasteiger partial charge in [-0.05, 0) is 138 Å². The normalized spacial score (nSPS) is 13.5. The summed E-state index contributed by atoms with van der Waals surface area (Å²) in [5, 5.41) is 5.44. The number of hydrogen-bond acceptors (Lipinski definition) is 8. The van der Waals surface area contributed by atoms with Crippen molar-refractivity contribution in [3.8, 4) is 0 Å². The van der Waals surface area contributed by atoms with E-state index in [1.165, 1.54) is 122 Å². The van der Waals surface area contributed by atoms with E-state index in [0.717, 1.165) is 64.2 Å². The third-order valence-corrected chi connectivity index (χ3v) is 11.4. The van der Waals surface area contributed by atoms with Crippen molar-refractivity contribution in [2.45, 2.75) is 297 Å². The van der Waals surface area contributed by atoms with Crippen molar-refractivity contribution in [2.75, 3.05) is 6.54 Å². The topological polar surface area (TPSA) is 146 Å². The van der Waals surface area contributed by atoms with E-state index >= 15 is 0 Å². The molecule has 0 aliphatic carbocycles. The molecule has 0 bridgehead atoms. The number of hydrogen-bond donors (Lipinski definition) is 3. The molecule has 0 aromatic heterocycles. The van der Waals surface area contributed by atoms with Crippen LogP contribution in [0.25, 0.3) is 0 Å². The van der Waals surface area contributed by atoms with Crippen LogP contribution in [-0.4, -0.2) is 59.9 Å². The number of carbonyl (C=O) groups is 4. The fraction of sp³-hybridized carbons (Fsp3) is 0.855. The lowest BCUT2D eigenvalue weighted by molar-refractivity contribution is -0.162. The molecule has 0 spiro atoms. The van der Waals surface area contributed by atoms with E-state index in [2.05, 4.69) is 48.8 Å². The van der Waals surface area contributed by atoms with E-state index in [9.17, 15) is 19.2 Å². The summed E-state index contributed by atoms with van der Waals surface area (Å²) in [4.78, 5) is 52.1. The lowest BCUT2D eigenvalue weighted by atomic mass is 10.0. The van der Waals surface area contributed by atoms with Crippen LogP contribution >= 0.6 is 0 Å². The van der Waals surface area contributed by atoms with Crippen LogP contribution in [0.1, 0.15) is 267 Å². The molecule has 0 rings (SSSR count). The Labute approximate surface area is 399 Å². The van der Waals surface area contributed by atoms with E-state index in [1.54, 1.807) is 41.5 Å². The van der Waals surface area contributed by atoms with Gasteiger partial charge in [0.1, 0.15) is 23.3 Å². The fourth-order valence-corrected chi connectivity index (χ4v) is 7.72. The summed E-state index contributed by atoms with van der Waals surface area (Å²) in [7, 11) is 0. The lowest BCUT2D eigenvalue weighted by Gasteiger charge is -2.25. The zero-order valence-corrected chi connectivity index (χ0v) is 43.5. The van der Waals surface area contributed by atoms with Crippen molar-refractivity contribution in [3.05, 3.63) is 24.3 Å². The number of rotatable bonds is 42. The van der Waals surface area contributed by atoms with Crippen LogP contribution in [-0.2, 0) is 28.6 Å². The highest BCUT2D eigenvalue weighted by Gasteiger charge is 2.31. The Kier molecular flexibility index (Phi) is 39.5. The fourth-order valence-electron chi connectivity index (χ4n) is 7.72. The number of unbranched alkanes of at least 4 members (excludes halogenated alkanes) is 24. The predicted molar refractivity (Wildman–Crippen MR) is 272 cm³/mol. The summed E-state index contributed by atoms with van der Waals surface area (Å²) in [5.41, 5.74) is 4.93. The van der Waals surface area contributed by atoms with Gasteiger partial charge in [0.2, 0.25) is 5.91 Å². The molecule has 10 nitrogen and oxygen atoms in total. The minimum absolute atomic E-state index is 0.298. The number of carbonyl (C=O) groups excluding carboxylic acids is 4. The maximum absolute atomic E-state index is 13.9. The summed E-state index contributed by atoms with van der Waals surface area (Å²) >= 11 is 0. The molecular formula is C55H103N3O7. The number of nitrogens with two attached hydrogens (primary N) is 1. The van der Waals surface area contributed by atoms with Crippen LogP contribution in [0.2, 0.25) is 0 Å². The molecule has 0 aliphatic heterocycles. The Morgan fingerprint density at radius 1 is 0.508 bits per heavy atom. The third-order valence-electron chi connectivity index (χ3n) is 11.4. The first-order chi connectivity index (χ1) is 31.1. The van der Waals surface area contributed by atoms with E-state index in [4.69, 9.17) is 19.9 Å². The molecule has 0 saturated carbocycles. The van der Waals surface area contributed by atoms with Gasteiger partial charge in [-0.15, -0.1) is 0 Å². The summed E-state index contributed by atoms with van der Waals surface area (Å²) in [6, 6.07) is -2.12. The van der Waals surface area contributed by atoms with Gasteiger partial charge in [0.15, 0.2) is 0 Å². The van der Waals surface area contributed by atoms with Gasteiger partial charge in [0, 0.05) is 6.54 Å². The molecule has 3 atom stereocenters. The van der Waals surface area contributed by atoms with E-state index in [1.807, 2.05) is 0 Å². The maximum Gasteiger partial charge on any atom is 0.407 e. The molecule has 0 radical (unpaired) electrons. The number of nitrogens with one attached hydrogen (secondary N) is 2. The van der Waals surface area contributed by atoms with Crippen molar-refractivity contribution in [2.24, 2.45) is 5.73 Å². The zero-order valence-electron chi connectivity index (χ0n) is 43.5.